The van der Waals surface area contributed by atoms with Crippen LogP contribution in [0.25, 0.3) is 0 Å². The molecule has 0 atom stereocenters. The minimum Gasteiger partial charge on any atom is -0.457 e. The molecule has 2 aliphatic rings. The molecule has 0 radical (unpaired) electrons. The van der Waals surface area contributed by atoms with Gasteiger partial charge in [-0.05, 0) is 134 Å². The van der Waals surface area contributed by atoms with E-state index in [-0.39, 0.29) is 0 Å². The van der Waals surface area contributed by atoms with Gasteiger partial charge in [0.1, 0.15) is 11.5 Å². The minimum absolute atomic E-state index is 0.701. The highest BCUT2D eigenvalue weighted by molar-refractivity contribution is 6.31. The maximum absolute atomic E-state index is 6.69. The van der Waals surface area contributed by atoms with Crippen LogP contribution in [-0.2, 0) is 12.8 Å². The molecule has 2 aliphatic carbocycles. The molecular formula is C46H56Cl2O. The zero-order valence-corrected chi connectivity index (χ0v) is 31.4. The van der Waals surface area contributed by atoms with Gasteiger partial charge in [0, 0.05) is 34.0 Å². The lowest BCUT2D eigenvalue weighted by Crippen LogP contribution is -2.13. The average Bonchev–Trinajstić information content (AvgIpc) is 3.13. The second kappa shape index (κ2) is 18.0. The standard InChI is InChI=1S/C46H56Cl2O/c1-3-5-7-33-9-17-37(18-10-33)39-21-13-35(14-22-39)29-41-31-43(47)25-27-45(41)49-46-28-26-44(48)32-42(46)30-36-15-23-40(24-16-36)38-19-11-34(12-20-38)8-6-4-2/h13-16,21-28,31-34,37-38H,3-12,17-20,29-30H2,1-2H3. The topological polar surface area (TPSA) is 9.23 Å². The van der Waals surface area contributed by atoms with Crippen LogP contribution in [0, 0.1) is 11.8 Å². The molecule has 2 fully saturated rings. The summed E-state index contributed by atoms with van der Waals surface area (Å²) < 4.78 is 6.69. The first kappa shape index (κ1) is 36.1. The molecule has 0 bridgehead atoms. The van der Waals surface area contributed by atoms with Gasteiger partial charge in [0.15, 0.2) is 0 Å². The molecule has 2 saturated carbocycles. The van der Waals surface area contributed by atoms with Crippen LogP contribution in [0.5, 0.6) is 11.5 Å². The van der Waals surface area contributed by atoms with Crippen LogP contribution in [0.3, 0.4) is 0 Å². The number of hydrogen-bond acceptors (Lipinski definition) is 1. The summed E-state index contributed by atoms with van der Waals surface area (Å²) >= 11 is 13.1. The first-order valence-corrected chi connectivity index (χ1v) is 20.1. The molecule has 3 heteroatoms. The highest BCUT2D eigenvalue weighted by atomic mass is 35.5. The molecule has 0 aromatic heterocycles. The quantitative estimate of drug-likeness (QED) is 0.128. The number of hydrogen-bond donors (Lipinski definition) is 0. The van der Waals surface area contributed by atoms with Crippen molar-refractivity contribution in [1.82, 2.24) is 0 Å². The van der Waals surface area contributed by atoms with Gasteiger partial charge in [-0.2, -0.15) is 0 Å². The summed E-state index contributed by atoms with van der Waals surface area (Å²) in [6.45, 7) is 4.61. The van der Waals surface area contributed by atoms with Gasteiger partial charge in [-0.25, -0.2) is 0 Å². The Kier molecular flexibility index (Phi) is 13.2. The molecule has 0 amide bonds. The van der Waals surface area contributed by atoms with E-state index in [4.69, 9.17) is 27.9 Å². The fourth-order valence-electron chi connectivity index (χ4n) is 8.50. The Labute approximate surface area is 306 Å². The predicted octanol–water partition coefficient (Wildman–Crippen LogP) is 14.9. The second-order valence-electron chi connectivity index (χ2n) is 15.2. The number of rotatable bonds is 14. The van der Waals surface area contributed by atoms with E-state index in [9.17, 15) is 0 Å². The Hall–Kier alpha value is -2.74. The van der Waals surface area contributed by atoms with Crippen molar-refractivity contribution < 1.29 is 4.74 Å². The molecule has 0 spiro atoms. The molecule has 4 aromatic carbocycles. The molecule has 0 saturated heterocycles. The minimum atomic E-state index is 0.701. The van der Waals surface area contributed by atoms with Crippen LogP contribution in [0.15, 0.2) is 84.9 Å². The van der Waals surface area contributed by atoms with E-state index >= 15 is 0 Å². The Morgan fingerprint density at radius 2 is 0.898 bits per heavy atom. The van der Waals surface area contributed by atoms with Gasteiger partial charge in [0.05, 0.1) is 0 Å². The number of benzene rings is 4. The average molecular weight is 696 g/mol. The van der Waals surface area contributed by atoms with Gasteiger partial charge >= 0.3 is 0 Å². The first-order chi connectivity index (χ1) is 24.0. The number of unbranched alkanes of at least 4 members (excludes halogenated alkanes) is 2. The first-order valence-electron chi connectivity index (χ1n) is 19.4. The van der Waals surface area contributed by atoms with Crippen LogP contribution in [0.2, 0.25) is 10.0 Å². The van der Waals surface area contributed by atoms with E-state index in [1.54, 1.807) is 0 Å². The van der Waals surface area contributed by atoms with Crippen LogP contribution in [-0.4, -0.2) is 0 Å². The highest BCUT2D eigenvalue weighted by Gasteiger charge is 2.23. The van der Waals surface area contributed by atoms with Crippen LogP contribution in [0.4, 0.5) is 0 Å². The van der Waals surface area contributed by atoms with Gasteiger partial charge < -0.3 is 4.74 Å². The van der Waals surface area contributed by atoms with Crippen molar-refractivity contribution in [2.45, 2.75) is 128 Å². The van der Waals surface area contributed by atoms with Crippen molar-refractivity contribution in [3.05, 3.63) is 128 Å². The van der Waals surface area contributed by atoms with Gasteiger partial charge in [0.25, 0.3) is 0 Å². The summed E-state index contributed by atoms with van der Waals surface area (Å²) in [6, 6.07) is 30.6. The monoisotopic (exact) mass is 694 g/mol. The van der Waals surface area contributed by atoms with Crippen molar-refractivity contribution >= 4 is 23.2 Å². The molecule has 0 heterocycles. The summed E-state index contributed by atoms with van der Waals surface area (Å²) in [7, 11) is 0. The Balaban J connectivity index is 1.10. The van der Waals surface area contributed by atoms with Crippen LogP contribution < -0.4 is 4.74 Å². The molecule has 1 nitrogen and oxygen atoms in total. The summed E-state index contributed by atoms with van der Waals surface area (Å²) in [4.78, 5) is 0. The van der Waals surface area contributed by atoms with E-state index in [0.717, 1.165) is 57.3 Å². The second-order valence-corrected chi connectivity index (χ2v) is 16.0. The lowest BCUT2D eigenvalue weighted by Gasteiger charge is -2.29. The third kappa shape index (κ3) is 10.2. The zero-order chi connectivity index (χ0) is 34.0. The van der Waals surface area contributed by atoms with E-state index < -0.39 is 0 Å². The van der Waals surface area contributed by atoms with E-state index in [0.29, 0.717) is 11.8 Å². The molecule has 4 aromatic rings. The van der Waals surface area contributed by atoms with Crippen molar-refractivity contribution in [2.24, 2.45) is 11.8 Å². The molecule has 49 heavy (non-hydrogen) atoms. The van der Waals surface area contributed by atoms with Crippen LogP contribution >= 0.6 is 23.2 Å². The Bertz CT molecular complexity index is 1470. The van der Waals surface area contributed by atoms with Crippen molar-refractivity contribution in [2.75, 3.05) is 0 Å². The van der Waals surface area contributed by atoms with Gasteiger partial charge in [0.2, 0.25) is 0 Å². The number of ether oxygens (including phenoxy) is 1. The normalized spacial score (nSPS) is 21.1. The maximum Gasteiger partial charge on any atom is 0.131 e. The molecule has 0 N–H and O–H groups in total. The Morgan fingerprint density at radius 1 is 0.510 bits per heavy atom. The lowest BCUT2D eigenvalue weighted by molar-refractivity contribution is 0.304. The third-order valence-electron chi connectivity index (χ3n) is 11.6. The predicted molar refractivity (Wildman–Crippen MR) is 210 cm³/mol. The SMILES string of the molecule is CCCCC1CCC(c2ccc(Cc3cc(Cl)ccc3Oc3ccc(Cl)cc3Cc3ccc(C4CCC(CCCC)CC4)cc3)cc2)CC1. The third-order valence-corrected chi connectivity index (χ3v) is 12.1. The summed E-state index contributed by atoms with van der Waals surface area (Å²) in [5.41, 5.74) is 7.72. The largest absolute Gasteiger partial charge is 0.457 e. The van der Waals surface area contributed by atoms with E-state index in [2.05, 4.69) is 62.4 Å². The van der Waals surface area contributed by atoms with Crippen LogP contribution in [0.1, 0.15) is 149 Å². The van der Waals surface area contributed by atoms with E-state index in [1.165, 1.54) is 112 Å². The maximum atomic E-state index is 6.69. The van der Waals surface area contributed by atoms with Gasteiger partial charge in [-0.3, -0.25) is 0 Å². The summed E-state index contributed by atoms with van der Waals surface area (Å²) in [5, 5.41) is 1.45. The smallest absolute Gasteiger partial charge is 0.131 e. The molecule has 260 valence electrons. The van der Waals surface area contributed by atoms with Gasteiger partial charge in [-0.15, -0.1) is 0 Å². The van der Waals surface area contributed by atoms with Crippen molar-refractivity contribution in [1.29, 1.82) is 0 Å². The molecular weight excluding hydrogens is 639 g/mol. The highest BCUT2D eigenvalue weighted by Crippen LogP contribution is 2.40. The zero-order valence-electron chi connectivity index (χ0n) is 29.9. The number of halogens is 2. The van der Waals surface area contributed by atoms with Crippen molar-refractivity contribution in [3.8, 4) is 11.5 Å². The molecule has 0 unspecified atom stereocenters. The Morgan fingerprint density at radius 3 is 1.27 bits per heavy atom. The lowest BCUT2D eigenvalue weighted by atomic mass is 9.77. The summed E-state index contributed by atoms with van der Waals surface area (Å²) in [6.07, 6.45) is 20.6. The molecule has 6 rings (SSSR count). The molecule has 0 aliphatic heterocycles. The fourth-order valence-corrected chi connectivity index (χ4v) is 8.89. The fraction of sp³-hybridized carbons (Fsp3) is 0.478. The van der Waals surface area contributed by atoms with Crippen molar-refractivity contribution in [3.63, 3.8) is 0 Å². The summed E-state index contributed by atoms with van der Waals surface area (Å²) in [5.74, 6) is 4.96. The van der Waals surface area contributed by atoms with E-state index in [1.807, 2.05) is 36.4 Å². The van der Waals surface area contributed by atoms with Gasteiger partial charge in [-0.1, -0.05) is 124 Å².